The average Bonchev–Trinajstić information content (AvgIpc) is 2.73. The highest BCUT2D eigenvalue weighted by molar-refractivity contribution is 9.10. The van der Waals surface area contributed by atoms with Gasteiger partial charge in [0.1, 0.15) is 11.6 Å². The normalized spacial score (nSPS) is 21.5. The molecule has 2 aromatic rings. The van der Waals surface area contributed by atoms with Gasteiger partial charge in [0.05, 0.1) is 0 Å². The number of fused-ring (bicyclic) bond motifs is 1. The van der Waals surface area contributed by atoms with E-state index in [0.29, 0.717) is 18.2 Å². The Kier molecular flexibility index (Phi) is 4.78. The molecule has 1 aromatic heterocycles. The van der Waals surface area contributed by atoms with Gasteiger partial charge in [0, 0.05) is 46.7 Å². The predicted octanol–water partition coefficient (Wildman–Crippen LogP) is 4.38. The molecule has 150 valence electrons. The van der Waals surface area contributed by atoms with E-state index in [1.807, 2.05) is 12.1 Å². The molecule has 1 fully saturated rings. The number of nitrogens with two attached hydrogens (primary N) is 1. The third kappa shape index (κ3) is 3.31. The van der Waals surface area contributed by atoms with Crippen molar-refractivity contribution in [1.82, 2.24) is 9.97 Å². The largest absolute Gasteiger partial charge is 0.383 e. The Labute approximate surface area is 178 Å². The summed E-state index contributed by atoms with van der Waals surface area (Å²) in [7, 11) is 0. The van der Waals surface area contributed by atoms with Crippen molar-refractivity contribution in [3.63, 3.8) is 0 Å². The van der Waals surface area contributed by atoms with Gasteiger partial charge in [0.2, 0.25) is 5.95 Å². The highest BCUT2D eigenvalue weighted by atomic mass is 79.9. The van der Waals surface area contributed by atoms with Gasteiger partial charge in [-0.25, -0.2) is 0 Å². The number of hydrogen-bond acceptors (Lipinski definition) is 6. The van der Waals surface area contributed by atoms with Gasteiger partial charge in [0.15, 0.2) is 5.78 Å². The van der Waals surface area contributed by atoms with Crippen LogP contribution in [0.4, 0.5) is 17.6 Å². The minimum atomic E-state index is -0.234. The summed E-state index contributed by atoms with van der Waals surface area (Å²) in [6, 6.07) is 8.09. The lowest BCUT2D eigenvalue weighted by Gasteiger charge is -2.35. The fourth-order valence-electron chi connectivity index (χ4n) is 4.72. The molecule has 0 spiro atoms. The first kappa shape index (κ1) is 18.6. The van der Waals surface area contributed by atoms with Crippen LogP contribution in [0.15, 0.2) is 40.0 Å². The van der Waals surface area contributed by atoms with E-state index in [0.717, 1.165) is 71.5 Å². The molecule has 3 aliphatic rings. The molecule has 0 radical (unpaired) electrons. The molecule has 6 nitrogen and oxygen atoms in total. The fraction of sp³-hybridized carbons (Fsp3) is 0.409. The third-order valence-electron chi connectivity index (χ3n) is 6.09. The number of ketones is 1. The van der Waals surface area contributed by atoms with Crippen LogP contribution in [0, 0.1) is 0 Å². The maximum Gasteiger partial charge on any atom is 0.229 e. The summed E-state index contributed by atoms with van der Waals surface area (Å²) in [5.41, 5.74) is 10.2. The van der Waals surface area contributed by atoms with E-state index >= 15 is 0 Å². The van der Waals surface area contributed by atoms with Crippen molar-refractivity contribution in [3.05, 3.63) is 51.1 Å². The molecule has 3 heterocycles. The lowest BCUT2D eigenvalue weighted by molar-refractivity contribution is -0.116. The smallest absolute Gasteiger partial charge is 0.229 e. The van der Waals surface area contributed by atoms with Gasteiger partial charge >= 0.3 is 0 Å². The standard InChI is InChI=1S/C22H24BrN5O/c23-14-7-4-6-13(12-14)17-18-15(8-5-9-16(18)29)25-21-19(17)20(24)26-22(27-21)28-10-2-1-3-11-28/h4,6-7,12,17H,1-3,5,8-11H2,(H3,24,25,26,27)/t17-/m0/s1. The van der Waals surface area contributed by atoms with Crippen molar-refractivity contribution in [3.8, 4) is 0 Å². The molecule has 1 atom stereocenters. The van der Waals surface area contributed by atoms with Crippen molar-refractivity contribution < 1.29 is 4.79 Å². The number of piperidine rings is 1. The highest BCUT2D eigenvalue weighted by Crippen LogP contribution is 2.47. The van der Waals surface area contributed by atoms with Crippen LogP contribution in [0.5, 0.6) is 0 Å². The monoisotopic (exact) mass is 453 g/mol. The predicted molar refractivity (Wildman–Crippen MR) is 118 cm³/mol. The van der Waals surface area contributed by atoms with Crippen molar-refractivity contribution in [2.75, 3.05) is 29.0 Å². The molecule has 1 aromatic carbocycles. The minimum absolute atomic E-state index is 0.189. The van der Waals surface area contributed by atoms with Gasteiger partial charge in [-0.2, -0.15) is 9.97 Å². The Balaban J connectivity index is 1.67. The number of nitrogens with zero attached hydrogens (tertiary/aromatic N) is 3. The average molecular weight is 454 g/mol. The van der Waals surface area contributed by atoms with E-state index < -0.39 is 0 Å². The van der Waals surface area contributed by atoms with Gasteiger partial charge in [-0.15, -0.1) is 0 Å². The zero-order chi connectivity index (χ0) is 20.0. The number of allylic oxidation sites excluding steroid dienone is 2. The number of halogens is 1. The van der Waals surface area contributed by atoms with Gasteiger partial charge in [0.25, 0.3) is 0 Å². The van der Waals surface area contributed by atoms with Gasteiger partial charge in [-0.3, -0.25) is 4.79 Å². The number of rotatable bonds is 2. The summed E-state index contributed by atoms with van der Waals surface area (Å²) in [5.74, 6) is 1.85. The van der Waals surface area contributed by atoms with Crippen LogP contribution >= 0.6 is 15.9 Å². The van der Waals surface area contributed by atoms with Crippen LogP contribution in [-0.2, 0) is 4.79 Å². The van der Waals surface area contributed by atoms with Gasteiger partial charge in [-0.05, 0) is 49.8 Å². The summed E-state index contributed by atoms with van der Waals surface area (Å²) in [4.78, 5) is 24.7. The number of carbonyl (C=O) groups excluding carboxylic acids is 1. The number of hydrogen-bond donors (Lipinski definition) is 2. The molecule has 29 heavy (non-hydrogen) atoms. The minimum Gasteiger partial charge on any atom is -0.383 e. The number of aromatic nitrogens is 2. The summed E-state index contributed by atoms with van der Waals surface area (Å²) in [6.45, 7) is 1.92. The van der Waals surface area contributed by atoms with Crippen molar-refractivity contribution in [1.29, 1.82) is 0 Å². The number of Topliss-reactive ketones (excluding diaryl/α,β-unsaturated/α-hetero) is 1. The van der Waals surface area contributed by atoms with Gasteiger partial charge < -0.3 is 16.0 Å². The second-order valence-electron chi connectivity index (χ2n) is 8.00. The molecule has 2 aliphatic heterocycles. The first-order valence-electron chi connectivity index (χ1n) is 10.3. The van der Waals surface area contributed by atoms with E-state index in [1.165, 1.54) is 6.42 Å². The number of benzene rings is 1. The highest BCUT2D eigenvalue weighted by Gasteiger charge is 2.38. The van der Waals surface area contributed by atoms with Crippen LogP contribution in [0.3, 0.4) is 0 Å². The Morgan fingerprint density at radius 3 is 2.72 bits per heavy atom. The van der Waals surface area contributed by atoms with Crippen molar-refractivity contribution in [2.45, 2.75) is 44.4 Å². The maximum atomic E-state index is 12.9. The number of nitrogens with one attached hydrogen (secondary N) is 1. The Morgan fingerprint density at radius 1 is 1.10 bits per heavy atom. The van der Waals surface area contributed by atoms with E-state index in [9.17, 15) is 4.79 Å². The summed E-state index contributed by atoms with van der Waals surface area (Å²) in [6.07, 6.45) is 5.85. The molecule has 0 saturated carbocycles. The fourth-order valence-corrected chi connectivity index (χ4v) is 5.14. The van der Waals surface area contributed by atoms with Crippen LogP contribution in [0.2, 0.25) is 0 Å². The molecule has 0 unspecified atom stereocenters. The lowest BCUT2D eigenvalue weighted by atomic mass is 9.76. The number of nitrogen functional groups attached to an aromatic ring is 1. The molecule has 5 rings (SSSR count). The number of carbonyl (C=O) groups is 1. The van der Waals surface area contributed by atoms with Crippen LogP contribution in [0.25, 0.3) is 0 Å². The van der Waals surface area contributed by atoms with E-state index in [4.69, 9.17) is 10.7 Å². The Bertz CT molecular complexity index is 1010. The summed E-state index contributed by atoms with van der Waals surface area (Å²) >= 11 is 3.57. The van der Waals surface area contributed by atoms with Crippen molar-refractivity contribution >= 4 is 39.3 Å². The first-order chi connectivity index (χ1) is 14.1. The molecule has 7 heteroatoms. The topological polar surface area (TPSA) is 84.1 Å². The maximum absolute atomic E-state index is 12.9. The molecule has 1 aliphatic carbocycles. The SMILES string of the molecule is Nc1nc(N2CCCCC2)nc2c1[C@@H](c1cccc(Br)c1)C1=C(CCCC1=O)N2. The Hall–Kier alpha value is -2.41. The zero-order valence-corrected chi connectivity index (χ0v) is 17.8. The van der Waals surface area contributed by atoms with Crippen LogP contribution < -0.4 is 16.0 Å². The molecule has 1 saturated heterocycles. The summed E-state index contributed by atoms with van der Waals surface area (Å²) < 4.78 is 0.977. The molecular weight excluding hydrogens is 430 g/mol. The second-order valence-corrected chi connectivity index (χ2v) is 8.92. The first-order valence-corrected chi connectivity index (χ1v) is 11.1. The Morgan fingerprint density at radius 2 is 1.93 bits per heavy atom. The zero-order valence-electron chi connectivity index (χ0n) is 16.2. The van der Waals surface area contributed by atoms with E-state index in [-0.39, 0.29) is 11.7 Å². The number of anilines is 3. The van der Waals surface area contributed by atoms with E-state index in [2.05, 4.69) is 43.3 Å². The van der Waals surface area contributed by atoms with Crippen LogP contribution in [0.1, 0.15) is 55.6 Å². The quantitative estimate of drug-likeness (QED) is 0.701. The van der Waals surface area contributed by atoms with Gasteiger partial charge in [-0.1, -0.05) is 28.1 Å². The molecule has 0 amide bonds. The molecule has 0 bridgehead atoms. The second kappa shape index (κ2) is 7.44. The third-order valence-corrected chi connectivity index (χ3v) is 6.58. The van der Waals surface area contributed by atoms with Crippen LogP contribution in [-0.4, -0.2) is 28.8 Å². The lowest BCUT2D eigenvalue weighted by Crippen LogP contribution is -2.33. The van der Waals surface area contributed by atoms with E-state index in [1.54, 1.807) is 0 Å². The summed E-state index contributed by atoms with van der Waals surface area (Å²) in [5, 5.41) is 3.45. The molecular formula is C22H24BrN5O. The van der Waals surface area contributed by atoms with Crippen molar-refractivity contribution in [2.24, 2.45) is 0 Å². The molecule has 3 N–H and O–H groups in total.